The maximum atomic E-state index is 11.7. The molecule has 6 heteroatoms. The second kappa shape index (κ2) is 6.23. The summed E-state index contributed by atoms with van der Waals surface area (Å²) in [6.07, 6.45) is 0.962. The van der Waals surface area contributed by atoms with E-state index in [2.05, 4.69) is 24.5 Å². The topological polar surface area (TPSA) is 87.7 Å². The van der Waals surface area contributed by atoms with Crippen LogP contribution in [0.3, 0.4) is 0 Å². The minimum atomic E-state index is -0.916. The van der Waals surface area contributed by atoms with Crippen LogP contribution in [0.5, 0.6) is 0 Å². The Kier molecular flexibility index (Phi) is 5.17. The Bertz CT molecular complexity index is 344. The molecule has 0 radical (unpaired) electrons. The van der Waals surface area contributed by atoms with Gasteiger partial charge in [-0.2, -0.15) is 0 Å². The van der Waals surface area contributed by atoms with E-state index >= 15 is 0 Å². The van der Waals surface area contributed by atoms with Crippen molar-refractivity contribution in [1.29, 1.82) is 0 Å². The van der Waals surface area contributed by atoms with Gasteiger partial charge in [0.05, 0.1) is 12.0 Å². The first-order valence-electron chi connectivity index (χ1n) is 6.67. The molecule has 1 rings (SSSR count). The van der Waals surface area contributed by atoms with Crippen LogP contribution in [0.25, 0.3) is 0 Å². The number of urea groups is 1. The number of hydrogen-bond acceptors (Lipinski definition) is 3. The zero-order valence-electron chi connectivity index (χ0n) is 12.0. The van der Waals surface area contributed by atoms with E-state index in [1.807, 2.05) is 6.92 Å². The number of carboxylic acid groups (broad SMARTS) is 1. The van der Waals surface area contributed by atoms with Crippen molar-refractivity contribution >= 4 is 12.0 Å². The van der Waals surface area contributed by atoms with Crippen LogP contribution in [0.2, 0.25) is 0 Å². The van der Waals surface area contributed by atoms with E-state index in [4.69, 9.17) is 9.84 Å². The second-order valence-electron chi connectivity index (χ2n) is 5.65. The highest BCUT2D eigenvalue weighted by Crippen LogP contribution is 2.42. The zero-order valence-corrected chi connectivity index (χ0v) is 12.0. The van der Waals surface area contributed by atoms with Crippen LogP contribution in [-0.4, -0.2) is 42.4 Å². The molecule has 0 aromatic rings. The highest BCUT2D eigenvalue weighted by Gasteiger charge is 2.49. The minimum Gasteiger partial charge on any atom is -0.481 e. The average molecular weight is 272 g/mol. The van der Waals surface area contributed by atoms with Gasteiger partial charge in [-0.3, -0.25) is 4.79 Å². The summed E-state index contributed by atoms with van der Waals surface area (Å²) in [7, 11) is 0. The van der Waals surface area contributed by atoms with Gasteiger partial charge in [0.1, 0.15) is 0 Å². The third-order valence-corrected chi connectivity index (χ3v) is 3.84. The summed E-state index contributed by atoms with van der Waals surface area (Å²) in [5.74, 6) is -1.50. The van der Waals surface area contributed by atoms with Gasteiger partial charge in [-0.15, -0.1) is 0 Å². The molecule has 0 aliphatic heterocycles. The van der Waals surface area contributed by atoms with Crippen LogP contribution in [0.1, 0.15) is 34.1 Å². The fraction of sp³-hybridized carbons (Fsp3) is 0.846. The lowest BCUT2D eigenvalue weighted by atomic mass is 9.64. The van der Waals surface area contributed by atoms with Crippen LogP contribution in [0.15, 0.2) is 0 Å². The Labute approximate surface area is 113 Å². The van der Waals surface area contributed by atoms with Gasteiger partial charge in [0.15, 0.2) is 0 Å². The Morgan fingerprint density at radius 3 is 2.58 bits per heavy atom. The van der Waals surface area contributed by atoms with Crippen LogP contribution in [-0.2, 0) is 9.53 Å². The molecule has 1 aliphatic rings. The fourth-order valence-electron chi connectivity index (χ4n) is 2.16. The summed E-state index contributed by atoms with van der Waals surface area (Å²) in [6.45, 7) is 8.42. The maximum Gasteiger partial charge on any atom is 0.315 e. The van der Waals surface area contributed by atoms with Crippen molar-refractivity contribution in [2.75, 3.05) is 13.2 Å². The Hall–Kier alpha value is -1.30. The average Bonchev–Trinajstić information content (AvgIpc) is 2.34. The molecular weight excluding hydrogens is 248 g/mol. The summed E-state index contributed by atoms with van der Waals surface area (Å²) >= 11 is 0. The van der Waals surface area contributed by atoms with Gasteiger partial charge in [-0.25, -0.2) is 4.79 Å². The summed E-state index contributed by atoms with van der Waals surface area (Å²) < 4.78 is 5.59. The first kappa shape index (κ1) is 15.8. The van der Waals surface area contributed by atoms with Crippen molar-refractivity contribution in [3.63, 3.8) is 0 Å². The molecule has 2 amide bonds. The van der Waals surface area contributed by atoms with E-state index in [0.29, 0.717) is 6.61 Å². The van der Waals surface area contributed by atoms with Crippen molar-refractivity contribution in [3.8, 4) is 0 Å². The number of amides is 2. The Morgan fingerprint density at radius 2 is 2.11 bits per heavy atom. The van der Waals surface area contributed by atoms with Gasteiger partial charge in [-0.1, -0.05) is 20.8 Å². The predicted molar refractivity (Wildman–Crippen MR) is 70.9 cm³/mol. The summed E-state index contributed by atoms with van der Waals surface area (Å²) in [5.41, 5.74) is -0.0915. The highest BCUT2D eigenvalue weighted by molar-refractivity contribution is 5.76. The van der Waals surface area contributed by atoms with Crippen molar-refractivity contribution in [3.05, 3.63) is 0 Å². The molecule has 19 heavy (non-hydrogen) atoms. The molecule has 0 spiro atoms. The molecule has 3 N–H and O–H groups in total. The maximum absolute atomic E-state index is 11.7. The third kappa shape index (κ3) is 3.83. The van der Waals surface area contributed by atoms with Gasteiger partial charge in [0.2, 0.25) is 0 Å². The molecule has 6 nitrogen and oxygen atoms in total. The first-order chi connectivity index (χ1) is 8.78. The van der Waals surface area contributed by atoms with Gasteiger partial charge in [0, 0.05) is 24.6 Å². The molecule has 0 heterocycles. The molecule has 1 aliphatic carbocycles. The number of rotatable bonds is 6. The number of carboxylic acids is 1. The normalized spacial score (nSPS) is 26.1. The van der Waals surface area contributed by atoms with E-state index < -0.39 is 11.9 Å². The summed E-state index contributed by atoms with van der Waals surface area (Å²) in [5, 5.41) is 14.2. The highest BCUT2D eigenvalue weighted by atomic mass is 16.5. The van der Waals surface area contributed by atoms with Crippen LogP contribution in [0, 0.1) is 11.3 Å². The van der Waals surface area contributed by atoms with Gasteiger partial charge in [0.25, 0.3) is 0 Å². The number of hydrogen-bond donors (Lipinski definition) is 3. The summed E-state index contributed by atoms with van der Waals surface area (Å²) in [6, 6.07) is -0.259. The zero-order chi connectivity index (χ0) is 14.6. The number of aliphatic carboxylic acids is 1. The SMILES string of the molecule is CCOC1CC(NC(=O)NCC(C)C(=O)O)C1(C)C. The van der Waals surface area contributed by atoms with E-state index in [-0.39, 0.29) is 30.1 Å². The molecule has 0 aromatic carbocycles. The number of carbonyl (C=O) groups excluding carboxylic acids is 1. The lowest BCUT2D eigenvalue weighted by Gasteiger charge is -2.51. The summed E-state index contributed by atoms with van der Waals surface area (Å²) in [4.78, 5) is 22.3. The first-order valence-corrected chi connectivity index (χ1v) is 6.67. The van der Waals surface area contributed by atoms with Crippen molar-refractivity contribution in [2.45, 2.75) is 46.3 Å². The number of ether oxygens (including phenoxy) is 1. The van der Waals surface area contributed by atoms with E-state index in [0.717, 1.165) is 6.42 Å². The molecule has 0 saturated heterocycles. The van der Waals surface area contributed by atoms with Crippen molar-refractivity contribution in [1.82, 2.24) is 10.6 Å². The Morgan fingerprint density at radius 1 is 1.47 bits per heavy atom. The van der Waals surface area contributed by atoms with E-state index in [1.54, 1.807) is 6.92 Å². The largest absolute Gasteiger partial charge is 0.481 e. The molecule has 3 unspecified atom stereocenters. The van der Waals surface area contributed by atoms with Crippen molar-refractivity contribution in [2.24, 2.45) is 11.3 Å². The van der Waals surface area contributed by atoms with Crippen LogP contribution < -0.4 is 10.6 Å². The van der Waals surface area contributed by atoms with Crippen LogP contribution in [0.4, 0.5) is 4.79 Å². The van der Waals surface area contributed by atoms with Gasteiger partial charge in [-0.05, 0) is 13.3 Å². The molecule has 0 aromatic heterocycles. The quantitative estimate of drug-likeness (QED) is 0.678. The van der Waals surface area contributed by atoms with Gasteiger partial charge >= 0.3 is 12.0 Å². The predicted octanol–water partition coefficient (Wildman–Crippen LogP) is 1.21. The van der Waals surface area contributed by atoms with E-state index in [9.17, 15) is 9.59 Å². The Balaban J connectivity index is 2.33. The molecular formula is C13H24N2O4. The molecule has 110 valence electrons. The molecule has 3 atom stereocenters. The molecule has 1 fully saturated rings. The van der Waals surface area contributed by atoms with Crippen molar-refractivity contribution < 1.29 is 19.4 Å². The van der Waals surface area contributed by atoms with E-state index in [1.165, 1.54) is 0 Å². The number of nitrogens with one attached hydrogen (secondary N) is 2. The minimum absolute atomic E-state index is 0.0594. The molecule has 0 bridgehead atoms. The lowest BCUT2D eigenvalue weighted by Crippen LogP contribution is -2.63. The lowest BCUT2D eigenvalue weighted by molar-refractivity contribution is -0.140. The third-order valence-electron chi connectivity index (χ3n) is 3.84. The second-order valence-corrected chi connectivity index (χ2v) is 5.65. The van der Waals surface area contributed by atoms with Crippen LogP contribution >= 0.6 is 0 Å². The fourth-order valence-corrected chi connectivity index (χ4v) is 2.16. The monoisotopic (exact) mass is 272 g/mol. The van der Waals surface area contributed by atoms with Gasteiger partial charge < -0.3 is 20.5 Å². The standard InChI is InChI=1S/C13H24N2O4/c1-5-19-10-6-9(13(10,3)4)15-12(18)14-7-8(2)11(16)17/h8-10H,5-7H2,1-4H3,(H,16,17)(H2,14,15,18). The number of carbonyl (C=O) groups is 2. The molecule has 1 saturated carbocycles. The smallest absolute Gasteiger partial charge is 0.315 e.